The summed E-state index contributed by atoms with van der Waals surface area (Å²) in [6.45, 7) is 4.65. The van der Waals surface area contributed by atoms with Gasteiger partial charge in [-0.3, -0.25) is 0 Å². The SMILES string of the molecule is CCn1ccnc1CC(O)c1oc2ccc(F)cc2c1C. The van der Waals surface area contributed by atoms with Crippen LogP contribution in [-0.4, -0.2) is 14.7 Å². The molecule has 0 aliphatic rings. The Morgan fingerprint density at radius 3 is 3.00 bits per heavy atom. The number of aliphatic hydroxyl groups excluding tert-OH is 1. The summed E-state index contributed by atoms with van der Waals surface area (Å²) in [7, 11) is 0. The van der Waals surface area contributed by atoms with Crippen molar-refractivity contribution in [1.29, 1.82) is 0 Å². The van der Waals surface area contributed by atoms with Crippen molar-refractivity contribution >= 4 is 11.0 Å². The van der Waals surface area contributed by atoms with E-state index in [9.17, 15) is 9.50 Å². The molecule has 0 saturated heterocycles. The van der Waals surface area contributed by atoms with E-state index < -0.39 is 6.10 Å². The maximum absolute atomic E-state index is 13.3. The molecule has 110 valence electrons. The Kier molecular flexibility index (Phi) is 3.51. The van der Waals surface area contributed by atoms with Crippen LogP contribution >= 0.6 is 0 Å². The average molecular weight is 288 g/mol. The van der Waals surface area contributed by atoms with Gasteiger partial charge in [0.2, 0.25) is 0 Å². The van der Waals surface area contributed by atoms with Crippen molar-refractivity contribution < 1.29 is 13.9 Å². The summed E-state index contributed by atoms with van der Waals surface area (Å²) in [4.78, 5) is 4.25. The standard InChI is InChI=1S/C16H17FN2O2/c1-3-19-7-6-18-15(19)9-13(20)16-10(2)12-8-11(17)4-5-14(12)21-16/h4-8,13,20H,3,9H2,1-2H3. The van der Waals surface area contributed by atoms with Gasteiger partial charge in [0.15, 0.2) is 0 Å². The molecule has 3 rings (SSSR count). The van der Waals surface area contributed by atoms with E-state index in [0.717, 1.165) is 17.9 Å². The van der Waals surface area contributed by atoms with Gasteiger partial charge in [0.25, 0.3) is 0 Å². The van der Waals surface area contributed by atoms with Crippen molar-refractivity contribution in [2.75, 3.05) is 0 Å². The third kappa shape index (κ3) is 2.45. The van der Waals surface area contributed by atoms with E-state index in [1.165, 1.54) is 12.1 Å². The minimum absolute atomic E-state index is 0.311. The smallest absolute Gasteiger partial charge is 0.137 e. The van der Waals surface area contributed by atoms with E-state index in [1.807, 2.05) is 24.6 Å². The van der Waals surface area contributed by atoms with Crippen LogP contribution in [0.1, 0.15) is 30.2 Å². The van der Waals surface area contributed by atoms with Crippen LogP contribution in [0.4, 0.5) is 4.39 Å². The molecule has 0 fully saturated rings. The molecule has 0 saturated carbocycles. The predicted octanol–water partition coefficient (Wildman–Crippen LogP) is 3.37. The number of nitrogens with zero attached hydrogens (tertiary/aromatic N) is 2. The molecule has 0 aliphatic carbocycles. The van der Waals surface area contributed by atoms with Gasteiger partial charge in [-0.1, -0.05) is 0 Å². The van der Waals surface area contributed by atoms with Crippen LogP contribution in [-0.2, 0) is 13.0 Å². The van der Waals surface area contributed by atoms with Gasteiger partial charge in [-0.15, -0.1) is 0 Å². The average Bonchev–Trinajstić information content (AvgIpc) is 3.04. The second kappa shape index (κ2) is 5.33. The molecule has 4 nitrogen and oxygen atoms in total. The Morgan fingerprint density at radius 2 is 2.24 bits per heavy atom. The Bertz CT molecular complexity index is 776. The molecule has 5 heteroatoms. The summed E-state index contributed by atoms with van der Waals surface area (Å²) in [5.41, 5.74) is 1.35. The van der Waals surface area contributed by atoms with E-state index in [2.05, 4.69) is 4.98 Å². The molecule has 1 atom stereocenters. The van der Waals surface area contributed by atoms with Gasteiger partial charge in [0, 0.05) is 36.3 Å². The van der Waals surface area contributed by atoms with Crippen LogP contribution in [0.2, 0.25) is 0 Å². The first-order chi connectivity index (χ1) is 10.1. The lowest BCUT2D eigenvalue weighted by atomic mass is 10.1. The molecule has 3 aromatic rings. The van der Waals surface area contributed by atoms with E-state index in [1.54, 1.807) is 12.3 Å². The maximum Gasteiger partial charge on any atom is 0.137 e. The molecule has 1 aromatic carbocycles. The highest BCUT2D eigenvalue weighted by Crippen LogP contribution is 2.31. The van der Waals surface area contributed by atoms with E-state index in [-0.39, 0.29) is 5.82 Å². The topological polar surface area (TPSA) is 51.2 Å². The van der Waals surface area contributed by atoms with Crippen molar-refractivity contribution in [1.82, 2.24) is 9.55 Å². The molecule has 0 amide bonds. The zero-order chi connectivity index (χ0) is 15.0. The fourth-order valence-electron chi connectivity index (χ4n) is 2.61. The third-order valence-corrected chi connectivity index (χ3v) is 3.76. The van der Waals surface area contributed by atoms with E-state index >= 15 is 0 Å². The highest BCUT2D eigenvalue weighted by atomic mass is 19.1. The van der Waals surface area contributed by atoms with Crippen LogP contribution in [0.25, 0.3) is 11.0 Å². The lowest BCUT2D eigenvalue weighted by Gasteiger charge is -2.10. The maximum atomic E-state index is 13.3. The minimum Gasteiger partial charge on any atom is -0.458 e. The first kappa shape index (κ1) is 13.8. The number of hydrogen-bond acceptors (Lipinski definition) is 3. The lowest BCUT2D eigenvalue weighted by Crippen LogP contribution is -2.08. The predicted molar refractivity (Wildman–Crippen MR) is 77.5 cm³/mol. The highest BCUT2D eigenvalue weighted by Gasteiger charge is 2.20. The first-order valence-corrected chi connectivity index (χ1v) is 6.96. The normalized spacial score (nSPS) is 13.0. The number of furan rings is 1. The zero-order valence-corrected chi connectivity index (χ0v) is 12.0. The first-order valence-electron chi connectivity index (χ1n) is 6.96. The summed E-state index contributed by atoms with van der Waals surface area (Å²) in [6, 6.07) is 4.36. The molecule has 2 aromatic heterocycles. The molecule has 0 aliphatic heterocycles. The minimum atomic E-state index is -0.798. The quantitative estimate of drug-likeness (QED) is 0.800. The number of rotatable bonds is 4. The molecule has 0 radical (unpaired) electrons. The van der Waals surface area contributed by atoms with E-state index in [4.69, 9.17) is 4.42 Å². The fraction of sp³-hybridized carbons (Fsp3) is 0.312. The fourth-order valence-corrected chi connectivity index (χ4v) is 2.61. The van der Waals surface area contributed by atoms with Gasteiger partial charge in [-0.05, 0) is 32.0 Å². The van der Waals surface area contributed by atoms with Crippen molar-refractivity contribution in [2.24, 2.45) is 0 Å². The van der Waals surface area contributed by atoms with Gasteiger partial charge in [0.05, 0.1) is 0 Å². The number of aryl methyl sites for hydroxylation is 2. The zero-order valence-electron chi connectivity index (χ0n) is 12.0. The van der Waals surface area contributed by atoms with Gasteiger partial charge in [-0.25, -0.2) is 9.37 Å². The molecule has 1 N–H and O–H groups in total. The molecule has 2 heterocycles. The molecule has 0 spiro atoms. The van der Waals surface area contributed by atoms with Crippen LogP contribution in [0.3, 0.4) is 0 Å². The molecule has 1 unspecified atom stereocenters. The molecule has 0 bridgehead atoms. The molecule has 21 heavy (non-hydrogen) atoms. The number of aliphatic hydroxyl groups is 1. The molecular formula is C16H17FN2O2. The third-order valence-electron chi connectivity index (χ3n) is 3.76. The van der Waals surface area contributed by atoms with Gasteiger partial charge < -0.3 is 14.1 Å². The number of fused-ring (bicyclic) bond motifs is 1. The van der Waals surface area contributed by atoms with Gasteiger partial charge >= 0.3 is 0 Å². The van der Waals surface area contributed by atoms with Crippen molar-refractivity contribution in [3.05, 3.63) is 53.6 Å². The molecular weight excluding hydrogens is 271 g/mol. The largest absolute Gasteiger partial charge is 0.458 e. The number of benzene rings is 1. The number of imidazole rings is 1. The van der Waals surface area contributed by atoms with Crippen molar-refractivity contribution in [3.63, 3.8) is 0 Å². The monoisotopic (exact) mass is 288 g/mol. The summed E-state index contributed by atoms with van der Waals surface area (Å²) >= 11 is 0. The van der Waals surface area contributed by atoms with Gasteiger partial charge in [-0.2, -0.15) is 0 Å². The summed E-state index contributed by atoms with van der Waals surface area (Å²) in [5.74, 6) is 0.964. The number of aromatic nitrogens is 2. The Balaban J connectivity index is 1.94. The summed E-state index contributed by atoms with van der Waals surface area (Å²) < 4.78 is 21.0. The van der Waals surface area contributed by atoms with Crippen LogP contribution in [0, 0.1) is 12.7 Å². The number of hydrogen-bond donors (Lipinski definition) is 1. The summed E-state index contributed by atoms with van der Waals surface area (Å²) in [5, 5.41) is 11.1. The Hall–Kier alpha value is -2.14. The van der Waals surface area contributed by atoms with Crippen LogP contribution in [0.15, 0.2) is 35.0 Å². The lowest BCUT2D eigenvalue weighted by molar-refractivity contribution is 0.148. The van der Waals surface area contributed by atoms with E-state index in [0.29, 0.717) is 23.2 Å². The highest BCUT2D eigenvalue weighted by molar-refractivity contribution is 5.82. The second-order valence-electron chi connectivity index (χ2n) is 5.08. The Labute approximate surface area is 121 Å². The second-order valence-corrected chi connectivity index (χ2v) is 5.08. The van der Waals surface area contributed by atoms with Crippen LogP contribution < -0.4 is 0 Å². The van der Waals surface area contributed by atoms with Gasteiger partial charge in [0.1, 0.15) is 29.1 Å². The van der Waals surface area contributed by atoms with Crippen LogP contribution in [0.5, 0.6) is 0 Å². The van der Waals surface area contributed by atoms with Crippen molar-refractivity contribution in [3.8, 4) is 0 Å². The Morgan fingerprint density at radius 1 is 1.43 bits per heavy atom. The summed E-state index contributed by atoms with van der Waals surface area (Å²) in [6.07, 6.45) is 3.16. The van der Waals surface area contributed by atoms with Crippen molar-refractivity contribution in [2.45, 2.75) is 32.9 Å². The number of halogens is 1.